The molecule has 1 rings (SSSR count). The van der Waals surface area contributed by atoms with Crippen molar-refractivity contribution in [1.82, 2.24) is 5.32 Å². The number of rotatable bonds is 70. The van der Waals surface area contributed by atoms with Gasteiger partial charge in [-0.05, 0) is 64.2 Å². The summed E-state index contributed by atoms with van der Waals surface area (Å²) in [5.41, 5.74) is 0. The van der Waals surface area contributed by atoms with Crippen molar-refractivity contribution in [2.75, 3.05) is 13.2 Å². The van der Waals surface area contributed by atoms with Crippen LogP contribution in [0.2, 0.25) is 0 Å². The Bertz CT molecular complexity index is 1550. The Morgan fingerprint density at radius 3 is 1.01 bits per heavy atom. The number of unbranched alkanes of at least 4 members (excludes halogenated alkanes) is 54. The SMILES string of the molecule is CCCCCCC/C=C\C/C=C\CCCCCCCCCCCCCCCCCCCCCCCCCCCCCCCC(=O)NC(COC1OC(CO)C(O)C(O)C1O)C(O)/C=C/CC/C=C/CCCCCCCCCCCCCCCCCCCCC. The van der Waals surface area contributed by atoms with Gasteiger partial charge in [-0.2, -0.15) is 0 Å². The minimum Gasteiger partial charge on any atom is -0.394 e. The normalized spacial score (nSPS) is 18.0. The molecule has 0 radical (unpaired) electrons. The fourth-order valence-corrected chi connectivity index (χ4v) is 12.7. The predicted octanol–water partition coefficient (Wildman–Crippen LogP) is 22.3. The molecule has 0 aromatic rings. The standard InChI is InChI=1S/C80H151NO8/c1-3-5-7-9-11-13-15-17-19-21-23-25-27-29-30-31-32-33-34-35-36-37-38-39-40-41-42-43-44-46-48-50-52-54-56-58-60-62-64-66-68-70-76(84)81-73(72-88-80-79(87)78(86)77(85)75(71-82)89-80)74(83)69-67-65-63-61-59-57-55-53-51-49-47-45-28-26-24-22-20-18-16-14-12-10-8-6-4-2/h15,17,21,23,59,61,67,69,73-75,77-80,82-83,85-87H,3-14,16,18-20,22,24-58,60,62-66,68,70-72H2,1-2H3,(H,81,84)/b17-15-,23-21-,61-59+,69-67+. The number of carbonyl (C=O) groups is 1. The molecule has 0 aromatic carbocycles. The second-order valence-electron chi connectivity index (χ2n) is 27.5. The molecule has 7 atom stereocenters. The number of hydrogen-bond donors (Lipinski definition) is 6. The molecule has 1 fully saturated rings. The van der Waals surface area contributed by atoms with Gasteiger partial charge in [0.1, 0.15) is 24.4 Å². The Labute approximate surface area is 552 Å². The van der Waals surface area contributed by atoms with Gasteiger partial charge in [-0.25, -0.2) is 0 Å². The molecular weight excluding hydrogens is 1100 g/mol. The number of amides is 1. The summed E-state index contributed by atoms with van der Waals surface area (Å²) in [5, 5.41) is 54.8. The summed E-state index contributed by atoms with van der Waals surface area (Å²) in [6, 6.07) is -0.822. The summed E-state index contributed by atoms with van der Waals surface area (Å²) in [7, 11) is 0. The molecule has 0 bridgehead atoms. The highest BCUT2D eigenvalue weighted by Gasteiger charge is 2.44. The largest absolute Gasteiger partial charge is 0.394 e. The van der Waals surface area contributed by atoms with Crippen LogP contribution < -0.4 is 5.32 Å². The Kier molecular flexibility index (Phi) is 66.0. The molecule has 1 aliphatic rings. The van der Waals surface area contributed by atoms with Gasteiger partial charge in [-0.3, -0.25) is 4.79 Å². The molecule has 0 aliphatic carbocycles. The van der Waals surface area contributed by atoms with E-state index in [4.69, 9.17) is 9.47 Å². The van der Waals surface area contributed by atoms with Gasteiger partial charge in [0, 0.05) is 6.42 Å². The molecule has 0 saturated carbocycles. The van der Waals surface area contributed by atoms with Crippen molar-refractivity contribution < 1.29 is 39.8 Å². The first-order valence-corrected chi connectivity index (χ1v) is 39.4. The first-order chi connectivity index (χ1) is 43.8. The smallest absolute Gasteiger partial charge is 0.220 e. The van der Waals surface area contributed by atoms with Crippen molar-refractivity contribution in [1.29, 1.82) is 0 Å². The fraction of sp³-hybridized carbons (Fsp3) is 0.887. The molecule has 9 heteroatoms. The van der Waals surface area contributed by atoms with Crippen LogP contribution in [0, 0.1) is 0 Å². The van der Waals surface area contributed by atoms with Crippen LogP contribution in [-0.4, -0.2) is 87.5 Å². The zero-order valence-corrected chi connectivity index (χ0v) is 59.0. The van der Waals surface area contributed by atoms with Gasteiger partial charge in [0.25, 0.3) is 0 Å². The number of carbonyl (C=O) groups excluding carboxylic acids is 1. The number of aliphatic hydroxyl groups excluding tert-OH is 5. The van der Waals surface area contributed by atoms with Crippen LogP contribution in [0.3, 0.4) is 0 Å². The molecule has 0 aromatic heterocycles. The van der Waals surface area contributed by atoms with Gasteiger partial charge in [-0.15, -0.1) is 0 Å². The fourth-order valence-electron chi connectivity index (χ4n) is 12.7. The van der Waals surface area contributed by atoms with Crippen molar-refractivity contribution >= 4 is 5.91 Å². The lowest BCUT2D eigenvalue weighted by atomic mass is 9.99. The maximum Gasteiger partial charge on any atom is 0.220 e. The molecule has 0 spiro atoms. The van der Waals surface area contributed by atoms with Crippen LogP contribution in [0.25, 0.3) is 0 Å². The van der Waals surface area contributed by atoms with Crippen LogP contribution in [0.5, 0.6) is 0 Å². The number of aliphatic hydroxyl groups is 5. The zero-order valence-electron chi connectivity index (χ0n) is 59.0. The van der Waals surface area contributed by atoms with Crippen LogP contribution in [0.1, 0.15) is 399 Å². The van der Waals surface area contributed by atoms with E-state index in [1.807, 2.05) is 6.08 Å². The van der Waals surface area contributed by atoms with Crippen LogP contribution in [0.4, 0.5) is 0 Å². The second-order valence-corrected chi connectivity index (χ2v) is 27.5. The van der Waals surface area contributed by atoms with E-state index in [9.17, 15) is 30.3 Å². The molecule has 1 heterocycles. The average Bonchev–Trinajstić information content (AvgIpc) is 2.59. The van der Waals surface area contributed by atoms with Crippen molar-refractivity contribution in [2.45, 2.75) is 442 Å². The monoisotopic (exact) mass is 1250 g/mol. The van der Waals surface area contributed by atoms with Gasteiger partial charge in [0.2, 0.25) is 5.91 Å². The van der Waals surface area contributed by atoms with Crippen LogP contribution in [-0.2, 0) is 14.3 Å². The maximum absolute atomic E-state index is 13.2. The lowest BCUT2D eigenvalue weighted by Gasteiger charge is -2.40. The third-order valence-electron chi connectivity index (χ3n) is 18.9. The number of hydrogen-bond acceptors (Lipinski definition) is 8. The van der Waals surface area contributed by atoms with E-state index in [1.165, 1.54) is 334 Å². The summed E-state index contributed by atoms with van der Waals surface area (Å²) >= 11 is 0. The highest BCUT2D eigenvalue weighted by molar-refractivity contribution is 5.76. The molecule has 7 unspecified atom stereocenters. The molecule has 89 heavy (non-hydrogen) atoms. The Morgan fingerprint density at radius 2 is 0.674 bits per heavy atom. The van der Waals surface area contributed by atoms with E-state index in [0.29, 0.717) is 6.42 Å². The third-order valence-corrected chi connectivity index (χ3v) is 18.9. The molecule has 1 aliphatic heterocycles. The Hall–Kier alpha value is -1.85. The summed E-state index contributed by atoms with van der Waals surface area (Å²) < 4.78 is 11.3. The van der Waals surface area contributed by atoms with Crippen molar-refractivity contribution in [3.63, 3.8) is 0 Å². The zero-order chi connectivity index (χ0) is 64.2. The molecule has 9 nitrogen and oxygen atoms in total. The summed E-state index contributed by atoms with van der Waals surface area (Å²) in [4.78, 5) is 13.2. The van der Waals surface area contributed by atoms with Crippen molar-refractivity contribution in [2.24, 2.45) is 0 Å². The number of allylic oxidation sites excluding steroid dienone is 7. The van der Waals surface area contributed by atoms with E-state index < -0.39 is 49.5 Å². The Balaban J connectivity index is 2.05. The molecule has 524 valence electrons. The van der Waals surface area contributed by atoms with Crippen LogP contribution in [0.15, 0.2) is 48.6 Å². The number of nitrogens with one attached hydrogen (secondary N) is 1. The van der Waals surface area contributed by atoms with Gasteiger partial charge < -0.3 is 40.3 Å². The first-order valence-electron chi connectivity index (χ1n) is 39.4. The Morgan fingerprint density at radius 1 is 0.382 bits per heavy atom. The van der Waals surface area contributed by atoms with Gasteiger partial charge in [0.15, 0.2) is 6.29 Å². The first kappa shape index (κ1) is 85.2. The summed E-state index contributed by atoms with van der Waals surface area (Å²) in [5.74, 6) is -0.178. The lowest BCUT2D eigenvalue weighted by molar-refractivity contribution is -0.302. The highest BCUT2D eigenvalue weighted by atomic mass is 16.7. The predicted molar refractivity (Wildman–Crippen MR) is 383 cm³/mol. The minimum absolute atomic E-state index is 0.178. The molecular formula is C80H151NO8. The van der Waals surface area contributed by atoms with E-state index in [0.717, 1.165) is 44.9 Å². The maximum atomic E-state index is 13.2. The summed E-state index contributed by atoms with van der Waals surface area (Å²) in [6.07, 6.45) is 88.4. The average molecular weight is 1260 g/mol. The topological polar surface area (TPSA) is 149 Å². The number of ether oxygens (including phenoxy) is 2. The lowest BCUT2D eigenvalue weighted by Crippen LogP contribution is -2.60. The van der Waals surface area contributed by atoms with Gasteiger partial charge in [0.05, 0.1) is 25.4 Å². The van der Waals surface area contributed by atoms with Crippen molar-refractivity contribution in [3.05, 3.63) is 48.6 Å². The highest BCUT2D eigenvalue weighted by Crippen LogP contribution is 2.24. The minimum atomic E-state index is -1.57. The third kappa shape index (κ3) is 57.3. The summed E-state index contributed by atoms with van der Waals surface area (Å²) in [6.45, 7) is 3.81. The quantitative estimate of drug-likeness (QED) is 0.0261. The molecule has 1 saturated heterocycles. The van der Waals surface area contributed by atoms with E-state index in [2.05, 4.69) is 55.6 Å². The van der Waals surface area contributed by atoms with E-state index >= 15 is 0 Å². The van der Waals surface area contributed by atoms with E-state index in [-0.39, 0.29) is 12.5 Å². The van der Waals surface area contributed by atoms with E-state index in [1.54, 1.807) is 6.08 Å². The van der Waals surface area contributed by atoms with Gasteiger partial charge in [-0.1, -0.05) is 377 Å². The van der Waals surface area contributed by atoms with Crippen molar-refractivity contribution in [3.8, 4) is 0 Å². The second kappa shape index (κ2) is 69.0. The molecule has 6 N–H and O–H groups in total. The van der Waals surface area contributed by atoms with Gasteiger partial charge >= 0.3 is 0 Å². The molecule has 1 amide bonds. The van der Waals surface area contributed by atoms with Crippen LogP contribution >= 0.6 is 0 Å².